The first kappa shape index (κ1) is 20.3. The van der Waals surface area contributed by atoms with Gasteiger partial charge in [-0.3, -0.25) is 4.79 Å². The van der Waals surface area contributed by atoms with Crippen LogP contribution in [0, 0.1) is 0 Å². The average molecular weight is 381 g/mol. The Bertz CT molecular complexity index is 834. The Balaban J connectivity index is 2.13. The highest BCUT2D eigenvalue weighted by Gasteiger charge is 2.32. The minimum Gasteiger partial charge on any atom is -0.465 e. The van der Waals surface area contributed by atoms with Gasteiger partial charge in [0.2, 0.25) is 0 Å². The van der Waals surface area contributed by atoms with Gasteiger partial charge < -0.3 is 14.8 Å². The van der Waals surface area contributed by atoms with E-state index in [1.807, 2.05) is 0 Å². The van der Waals surface area contributed by atoms with Gasteiger partial charge in [-0.1, -0.05) is 18.2 Å². The van der Waals surface area contributed by atoms with Crippen molar-refractivity contribution in [2.75, 3.05) is 19.0 Å². The topological polar surface area (TPSA) is 64.6 Å². The molecule has 0 atom stereocenters. The van der Waals surface area contributed by atoms with Crippen LogP contribution in [0.5, 0.6) is 5.75 Å². The maximum absolute atomic E-state index is 13.0. The molecule has 0 radical (unpaired) electrons. The molecule has 0 bridgehead atoms. The number of rotatable bonds is 6. The van der Waals surface area contributed by atoms with Crippen molar-refractivity contribution in [2.24, 2.45) is 0 Å². The van der Waals surface area contributed by atoms with Gasteiger partial charge in [-0.25, -0.2) is 4.79 Å². The number of hydrogen-bond acceptors (Lipinski definition) is 5. The van der Waals surface area contributed by atoms with Crippen LogP contribution in [0.25, 0.3) is 0 Å². The van der Waals surface area contributed by atoms with Crippen molar-refractivity contribution in [2.45, 2.75) is 19.5 Å². The average Bonchev–Trinajstić information content (AvgIpc) is 2.61. The number of alkyl halides is 3. The molecule has 1 N–H and O–H groups in total. The lowest BCUT2D eigenvalue weighted by Gasteiger charge is -2.14. The SMILES string of the molecule is COC(=O)c1cc(NCCc2ccccc2C(F)(F)F)ccc1OC(C)=O. The summed E-state index contributed by atoms with van der Waals surface area (Å²) in [6.45, 7) is 1.41. The molecular formula is C19H18F3NO4. The first-order valence-electron chi connectivity index (χ1n) is 8.02. The second-order valence-corrected chi connectivity index (χ2v) is 5.63. The maximum Gasteiger partial charge on any atom is 0.416 e. The molecule has 8 heteroatoms. The molecule has 0 aliphatic heterocycles. The molecule has 0 fully saturated rings. The predicted octanol–water partition coefficient (Wildman–Crippen LogP) is 4.07. The smallest absolute Gasteiger partial charge is 0.416 e. The Kier molecular flexibility index (Phi) is 6.44. The van der Waals surface area contributed by atoms with E-state index in [1.54, 1.807) is 12.1 Å². The van der Waals surface area contributed by atoms with Gasteiger partial charge in [0.15, 0.2) is 0 Å². The summed E-state index contributed by atoms with van der Waals surface area (Å²) in [7, 11) is 1.19. The van der Waals surface area contributed by atoms with E-state index in [0.717, 1.165) is 6.07 Å². The molecule has 5 nitrogen and oxygen atoms in total. The van der Waals surface area contributed by atoms with E-state index >= 15 is 0 Å². The van der Waals surface area contributed by atoms with E-state index in [4.69, 9.17) is 4.74 Å². The van der Waals surface area contributed by atoms with Gasteiger partial charge in [0, 0.05) is 19.2 Å². The number of benzene rings is 2. The van der Waals surface area contributed by atoms with Crippen LogP contribution in [0.3, 0.4) is 0 Å². The van der Waals surface area contributed by atoms with Crippen LogP contribution in [0.2, 0.25) is 0 Å². The number of halogens is 3. The van der Waals surface area contributed by atoms with Crippen molar-refractivity contribution in [3.8, 4) is 5.75 Å². The van der Waals surface area contributed by atoms with Crippen molar-refractivity contribution in [1.82, 2.24) is 0 Å². The Hall–Kier alpha value is -3.03. The summed E-state index contributed by atoms with van der Waals surface area (Å²) in [6, 6.07) is 9.75. The molecule has 0 heterocycles. The summed E-state index contributed by atoms with van der Waals surface area (Å²) in [5, 5.41) is 2.96. The highest BCUT2D eigenvalue weighted by Crippen LogP contribution is 2.32. The summed E-state index contributed by atoms with van der Waals surface area (Å²) in [5.74, 6) is -1.25. The minimum atomic E-state index is -4.42. The Morgan fingerprint density at radius 2 is 1.81 bits per heavy atom. The maximum atomic E-state index is 13.0. The van der Waals surface area contributed by atoms with Gasteiger partial charge in [0.05, 0.1) is 12.7 Å². The highest BCUT2D eigenvalue weighted by atomic mass is 19.4. The summed E-state index contributed by atoms with van der Waals surface area (Å²) >= 11 is 0. The number of esters is 2. The molecular weight excluding hydrogens is 363 g/mol. The fourth-order valence-electron chi connectivity index (χ4n) is 2.51. The van der Waals surface area contributed by atoms with Crippen molar-refractivity contribution in [3.05, 3.63) is 59.2 Å². The van der Waals surface area contributed by atoms with Crippen LogP contribution in [0.1, 0.15) is 28.4 Å². The standard InChI is InChI=1S/C19H18F3NO4/c1-12(24)27-17-8-7-14(11-15(17)18(25)26-2)23-10-9-13-5-3-4-6-16(13)19(20,21)22/h3-8,11,23H,9-10H2,1-2H3. The number of ether oxygens (including phenoxy) is 2. The van der Waals surface area contributed by atoms with Crippen molar-refractivity contribution >= 4 is 17.6 Å². The zero-order chi connectivity index (χ0) is 20.0. The molecule has 0 amide bonds. The van der Waals surface area contributed by atoms with Gasteiger partial charge in [0.1, 0.15) is 11.3 Å². The number of carbonyl (C=O) groups is 2. The van der Waals surface area contributed by atoms with Gasteiger partial charge in [-0.15, -0.1) is 0 Å². The van der Waals surface area contributed by atoms with Crippen molar-refractivity contribution < 1.29 is 32.2 Å². The number of anilines is 1. The predicted molar refractivity (Wildman–Crippen MR) is 92.7 cm³/mol. The van der Waals surface area contributed by atoms with Gasteiger partial charge in [0.25, 0.3) is 0 Å². The van der Waals surface area contributed by atoms with Crippen LogP contribution >= 0.6 is 0 Å². The molecule has 2 aromatic carbocycles. The van der Waals surface area contributed by atoms with E-state index in [0.29, 0.717) is 5.69 Å². The van der Waals surface area contributed by atoms with E-state index < -0.39 is 23.7 Å². The van der Waals surface area contributed by atoms with Crippen LogP contribution in [0.4, 0.5) is 18.9 Å². The normalized spacial score (nSPS) is 11.0. The first-order valence-corrected chi connectivity index (χ1v) is 8.02. The minimum absolute atomic E-state index is 0.0355. The van der Waals surface area contributed by atoms with Crippen molar-refractivity contribution in [3.63, 3.8) is 0 Å². The van der Waals surface area contributed by atoms with Crippen LogP contribution in [0.15, 0.2) is 42.5 Å². The van der Waals surface area contributed by atoms with Gasteiger partial charge in [-0.05, 0) is 36.2 Å². The second kappa shape index (κ2) is 8.57. The molecule has 0 saturated carbocycles. The quantitative estimate of drug-likeness (QED) is 0.604. The molecule has 2 aromatic rings. The molecule has 0 aliphatic carbocycles. The van der Waals surface area contributed by atoms with Crippen LogP contribution in [-0.2, 0) is 22.1 Å². The zero-order valence-electron chi connectivity index (χ0n) is 14.7. The van der Waals surface area contributed by atoms with Crippen molar-refractivity contribution in [1.29, 1.82) is 0 Å². The fourth-order valence-corrected chi connectivity index (χ4v) is 2.51. The third kappa shape index (κ3) is 5.47. The molecule has 27 heavy (non-hydrogen) atoms. The Morgan fingerprint density at radius 1 is 1.11 bits per heavy atom. The Labute approximate surface area is 154 Å². The summed E-state index contributed by atoms with van der Waals surface area (Å²) < 4.78 is 48.7. The number of methoxy groups -OCH3 is 1. The Morgan fingerprint density at radius 3 is 2.44 bits per heavy atom. The van der Waals surface area contributed by atoms with Gasteiger partial charge >= 0.3 is 18.1 Å². The third-order valence-corrected chi connectivity index (χ3v) is 3.68. The van der Waals surface area contributed by atoms with Gasteiger partial charge in [-0.2, -0.15) is 13.2 Å². The van der Waals surface area contributed by atoms with Crippen LogP contribution < -0.4 is 10.1 Å². The molecule has 0 spiro atoms. The molecule has 0 aliphatic rings. The first-order chi connectivity index (χ1) is 12.7. The monoisotopic (exact) mass is 381 g/mol. The number of nitrogens with one attached hydrogen (secondary N) is 1. The molecule has 2 rings (SSSR count). The third-order valence-electron chi connectivity index (χ3n) is 3.68. The molecule has 0 saturated heterocycles. The largest absolute Gasteiger partial charge is 0.465 e. The zero-order valence-corrected chi connectivity index (χ0v) is 14.7. The summed E-state index contributed by atoms with van der Waals surface area (Å²) in [4.78, 5) is 23.0. The summed E-state index contributed by atoms with van der Waals surface area (Å²) in [6.07, 6.45) is -4.28. The lowest BCUT2D eigenvalue weighted by atomic mass is 10.0. The van der Waals surface area contributed by atoms with E-state index in [1.165, 1.54) is 38.3 Å². The molecule has 0 aromatic heterocycles. The van der Waals surface area contributed by atoms with E-state index in [9.17, 15) is 22.8 Å². The lowest BCUT2D eigenvalue weighted by Crippen LogP contribution is -2.13. The van der Waals surface area contributed by atoms with E-state index in [-0.39, 0.29) is 29.8 Å². The number of hydrogen-bond donors (Lipinski definition) is 1. The highest BCUT2D eigenvalue weighted by molar-refractivity contribution is 5.94. The fraction of sp³-hybridized carbons (Fsp3) is 0.263. The van der Waals surface area contributed by atoms with Crippen LogP contribution in [-0.4, -0.2) is 25.6 Å². The van der Waals surface area contributed by atoms with E-state index in [2.05, 4.69) is 10.1 Å². The number of carbonyl (C=O) groups excluding carboxylic acids is 2. The summed E-state index contributed by atoms with van der Waals surface area (Å²) in [5.41, 5.74) is 0.0127. The molecule has 0 unspecified atom stereocenters. The lowest BCUT2D eigenvalue weighted by molar-refractivity contribution is -0.138. The second-order valence-electron chi connectivity index (χ2n) is 5.63. The molecule has 144 valence electrons.